The van der Waals surface area contributed by atoms with Crippen LogP contribution in [0.15, 0.2) is 29.6 Å². The number of aromatic nitrogens is 3. The van der Waals surface area contributed by atoms with Crippen molar-refractivity contribution in [3.8, 4) is 0 Å². The van der Waals surface area contributed by atoms with Crippen molar-refractivity contribution >= 4 is 44.6 Å². The molecule has 1 aliphatic carbocycles. The highest BCUT2D eigenvalue weighted by Gasteiger charge is 2.20. The van der Waals surface area contributed by atoms with Crippen LogP contribution < -0.4 is 10.6 Å². The fourth-order valence-corrected chi connectivity index (χ4v) is 5.37. The number of nitrogens with zero attached hydrogens (tertiary/aromatic N) is 3. The lowest BCUT2D eigenvalue weighted by molar-refractivity contribution is 0.0957. The molecule has 2 N–H and O–H groups in total. The van der Waals surface area contributed by atoms with Gasteiger partial charge >= 0.3 is 0 Å². The summed E-state index contributed by atoms with van der Waals surface area (Å²) in [6.45, 7) is 4.71. The normalized spacial score (nSPS) is 15.2. The first-order valence-electron chi connectivity index (χ1n) is 9.99. The Hall–Kier alpha value is -2.32. The van der Waals surface area contributed by atoms with E-state index in [0.29, 0.717) is 11.4 Å². The minimum absolute atomic E-state index is 0.0270. The van der Waals surface area contributed by atoms with Gasteiger partial charge in [-0.15, -0.1) is 22.7 Å². The van der Waals surface area contributed by atoms with Gasteiger partial charge in [0.05, 0.1) is 16.3 Å². The van der Waals surface area contributed by atoms with Crippen molar-refractivity contribution in [1.82, 2.24) is 20.3 Å². The number of hydrogen-bond acceptors (Lipinski definition) is 7. The summed E-state index contributed by atoms with van der Waals surface area (Å²) in [7, 11) is 0. The Morgan fingerprint density at radius 1 is 1.28 bits per heavy atom. The van der Waals surface area contributed by atoms with Gasteiger partial charge in [0.15, 0.2) is 0 Å². The van der Waals surface area contributed by atoms with E-state index in [2.05, 4.69) is 38.6 Å². The van der Waals surface area contributed by atoms with E-state index >= 15 is 0 Å². The number of rotatable bonds is 7. The number of amides is 1. The second-order valence-corrected chi connectivity index (χ2v) is 9.23. The third kappa shape index (κ3) is 4.48. The van der Waals surface area contributed by atoms with Gasteiger partial charge in [0.1, 0.15) is 22.0 Å². The third-order valence-electron chi connectivity index (χ3n) is 5.22. The Balaban J connectivity index is 1.49. The van der Waals surface area contributed by atoms with Crippen LogP contribution in [0.4, 0.5) is 5.82 Å². The number of nitrogens with one attached hydrogen (secondary N) is 2. The number of carbonyl (C=O) groups excluding carboxylic acids is 1. The summed E-state index contributed by atoms with van der Waals surface area (Å²) >= 11 is 3.03. The van der Waals surface area contributed by atoms with Crippen LogP contribution in [0.5, 0.6) is 0 Å². The summed E-state index contributed by atoms with van der Waals surface area (Å²) in [5.74, 6) is 0.721. The van der Waals surface area contributed by atoms with Gasteiger partial charge < -0.3 is 10.6 Å². The van der Waals surface area contributed by atoms with E-state index in [-0.39, 0.29) is 11.9 Å². The lowest BCUT2D eigenvalue weighted by Gasteiger charge is -2.13. The monoisotopic (exact) mass is 427 g/mol. The molecule has 1 atom stereocenters. The van der Waals surface area contributed by atoms with E-state index in [1.54, 1.807) is 23.9 Å². The highest BCUT2D eigenvalue weighted by molar-refractivity contribution is 7.20. The maximum absolute atomic E-state index is 12.8. The topological polar surface area (TPSA) is 79.8 Å². The number of anilines is 1. The third-order valence-corrected chi connectivity index (χ3v) is 7.38. The van der Waals surface area contributed by atoms with Gasteiger partial charge in [-0.25, -0.2) is 15.0 Å². The molecule has 6 nitrogen and oxygen atoms in total. The fraction of sp³-hybridized carbons (Fsp3) is 0.429. The lowest BCUT2D eigenvalue weighted by atomic mass is 9.97. The van der Waals surface area contributed by atoms with Crippen molar-refractivity contribution in [2.75, 3.05) is 11.9 Å². The van der Waals surface area contributed by atoms with Crippen LogP contribution in [-0.4, -0.2) is 27.4 Å². The Labute approximate surface area is 178 Å². The molecule has 1 unspecified atom stereocenters. The molecule has 0 radical (unpaired) electrons. The average molecular weight is 428 g/mol. The Morgan fingerprint density at radius 3 is 2.93 bits per heavy atom. The molecule has 1 aliphatic rings. The predicted octanol–water partition coefficient (Wildman–Crippen LogP) is 5.25. The molecule has 8 heteroatoms. The summed E-state index contributed by atoms with van der Waals surface area (Å²) in [6.07, 6.45) is 11.5. The van der Waals surface area contributed by atoms with Gasteiger partial charge in [-0.2, -0.15) is 0 Å². The van der Waals surface area contributed by atoms with Crippen molar-refractivity contribution in [2.45, 2.75) is 52.0 Å². The Kier molecular flexibility index (Phi) is 6.20. The minimum Gasteiger partial charge on any atom is -0.360 e. The second-order valence-electron chi connectivity index (χ2n) is 7.31. The van der Waals surface area contributed by atoms with E-state index < -0.39 is 0 Å². The molecule has 3 aromatic heterocycles. The first-order chi connectivity index (χ1) is 14.1. The maximum Gasteiger partial charge on any atom is 0.261 e. The molecule has 0 saturated heterocycles. The van der Waals surface area contributed by atoms with Gasteiger partial charge in [-0.3, -0.25) is 4.79 Å². The van der Waals surface area contributed by atoms with Gasteiger partial charge in [-0.05, 0) is 51.5 Å². The van der Waals surface area contributed by atoms with Crippen LogP contribution in [0.2, 0.25) is 0 Å². The molecule has 0 fully saturated rings. The molecule has 0 aliphatic heterocycles. The first kappa shape index (κ1) is 20.0. The van der Waals surface area contributed by atoms with E-state index in [9.17, 15) is 4.79 Å². The van der Waals surface area contributed by atoms with Gasteiger partial charge in [0, 0.05) is 18.1 Å². The minimum atomic E-state index is -0.0270. The summed E-state index contributed by atoms with van der Waals surface area (Å²) in [5, 5.41) is 10.4. The molecule has 3 aromatic rings. The largest absolute Gasteiger partial charge is 0.360 e. The summed E-state index contributed by atoms with van der Waals surface area (Å²) in [4.78, 5) is 27.5. The molecule has 0 aromatic carbocycles. The molecule has 0 saturated carbocycles. The zero-order chi connectivity index (χ0) is 20.2. The number of thiophene rings is 1. The standard InChI is InChI=1S/C21H25N5OS2/c1-13-16-18(26-14(2)20-23-10-11-28-20)24-12-25-21(16)29-17(13)19(27)22-9-8-15-6-4-3-5-7-15/h6,10-12,14H,3-5,7-9H2,1-2H3,(H,22,27)(H,24,25,26). The summed E-state index contributed by atoms with van der Waals surface area (Å²) < 4.78 is 0. The average Bonchev–Trinajstić information content (AvgIpc) is 3.38. The van der Waals surface area contributed by atoms with Crippen molar-refractivity contribution in [1.29, 1.82) is 0 Å². The van der Waals surface area contributed by atoms with E-state index in [0.717, 1.165) is 33.0 Å². The zero-order valence-corrected chi connectivity index (χ0v) is 18.3. The van der Waals surface area contributed by atoms with E-state index in [1.165, 1.54) is 42.6 Å². The van der Waals surface area contributed by atoms with Crippen LogP contribution in [0, 0.1) is 6.92 Å². The predicted molar refractivity (Wildman–Crippen MR) is 120 cm³/mol. The number of carbonyl (C=O) groups is 1. The van der Waals surface area contributed by atoms with Gasteiger partial charge in [0.25, 0.3) is 5.91 Å². The van der Waals surface area contributed by atoms with Crippen LogP contribution in [-0.2, 0) is 0 Å². The Bertz CT molecular complexity index is 1030. The van der Waals surface area contributed by atoms with Crippen molar-refractivity contribution in [3.63, 3.8) is 0 Å². The molecule has 0 spiro atoms. The molecular weight excluding hydrogens is 402 g/mol. The molecule has 1 amide bonds. The first-order valence-corrected chi connectivity index (χ1v) is 11.7. The van der Waals surface area contributed by atoms with Crippen molar-refractivity contribution in [2.24, 2.45) is 0 Å². The number of fused-ring (bicyclic) bond motifs is 1. The van der Waals surface area contributed by atoms with E-state index in [1.807, 2.05) is 12.3 Å². The highest BCUT2D eigenvalue weighted by atomic mass is 32.1. The second kappa shape index (κ2) is 9.00. The molecule has 29 heavy (non-hydrogen) atoms. The van der Waals surface area contributed by atoms with E-state index in [4.69, 9.17) is 0 Å². The molecular formula is C21H25N5OS2. The van der Waals surface area contributed by atoms with Gasteiger partial charge in [0.2, 0.25) is 0 Å². The smallest absolute Gasteiger partial charge is 0.261 e. The number of allylic oxidation sites excluding steroid dienone is 1. The van der Waals surface area contributed by atoms with Crippen molar-refractivity contribution in [3.05, 3.63) is 45.0 Å². The van der Waals surface area contributed by atoms with Crippen LogP contribution in [0.1, 0.15) is 65.3 Å². The summed E-state index contributed by atoms with van der Waals surface area (Å²) in [6, 6.07) is 0.0356. The zero-order valence-electron chi connectivity index (χ0n) is 16.7. The molecule has 4 rings (SSSR count). The molecule has 152 valence electrons. The maximum atomic E-state index is 12.8. The SMILES string of the molecule is Cc1c(C(=O)NCCC2=CCCCC2)sc2ncnc(NC(C)c3nccs3)c12. The fourth-order valence-electron chi connectivity index (χ4n) is 3.66. The number of thiazole rings is 1. The van der Waals surface area contributed by atoms with Crippen LogP contribution in [0.25, 0.3) is 10.2 Å². The lowest BCUT2D eigenvalue weighted by Crippen LogP contribution is -2.24. The Morgan fingerprint density at radius 2 is 2.17 bits per heavy atom. The molecule has 3 heterocycles. The number of hydrogen-bond donors (Lipinski definition) is 2. The quantitative estimate of drug-likeness (QED) is 0.504. The van der Waals surface area contributed by atoms with Crippen LogP contribution >= 0.6 is 22.7 Å². The highest BCUT2D eigenvalue weighted by Crippen LogP contribution is 2.34. The van der Waals surface area contributed by atoms with Gasteiger partial charge in [-0.1, -0.05) is 11.6 Å². The molecule has 0 bridgehead atoms. The summed E-state index contributed by atoms with van der Waals surface area (Å²) in [5.41, 5.74) is 2.40. The van der Waals surface area contributed by atoms with Crippen molar-refractivity contribution < 1.29 is 4.79 Å². The van der Waals surface area contributed by atoms with Crippen LogP contribution in [0.3, 0.4) is 0 Å². The number of aryl methyl sites for hydroxylation is 1.